The zero-order valence-electron chi connectivity index (χ0n) is 15.7. The van der Waals surface area contributed by atoms with Crippen molar-refractivity contribution in [1.82, 2.24) is 0 Å². The van der Waals surface area contributed by atoms with Gasteiger partial charge in [-0.2, -0.15) is 0 Å². The molecule has 3 nitrogen and oxygen atoms in total. The van der Waals surface area contributed by atoms with Crippen molar-refractivity contribution in [2.75, 3.05) is 0 Å². The summed E-state index contributed by atoms with van der Waals surface area (Å²) in [5, 5.41) is 2.27. The summed E-state index contributed by atoms with van der Waals surface area (Å²) in [6.45, 7) is 0. The third kappa shape index (κ3) is 3.91. The van der Waals surface area contributed by atoms with E-state index in [0.717, 1.165) is 0 Å². The van der Waals surface area contributed by atoms with Gasteiger partial charge in [-0.25, -0.2) is 0 Å². The highest BCUT2D eigenvalue weighted by molar-refractivity contribution is 7.98. The molecule has 0 heterocycles. The fourth-order valence-electron chi connectivity index (χ4n) is 3.20. The molecule has 0 saturated carbocycles. The first-order chi connectivity index (χ1) is 14.1. The zero-order valence-corrected chi connectivity index (χ0v) is 17.5. The van der Waals surface area contributed by atoms with Crippen LogP contribution in [0, 0.1) is 0 Å². The molecule has 0 aliphatic rings. The van der Waals surface area contributed by atoms with Crippen molar-refractivity contribution in [2.45, 2.75) is 0 Å². The van der Waals surface area contributed by atoms with Crippen LogP contribution in [0.15, 0.2) is 121 Å². The van der Waals surface area contributed by atoms with Crippen molar-refractivity contribution in [2.24, 2.45) is 0 Å². The molecular weight excluding hydrogens is 396 g/mol. The second kappa shape index (κ2) is 8.35. The molecule has 0 unspecified atom stereocenters. The maximum Gasteiger partial charge on any atom is 0.0595 e. The number of rotatable bonds is 6. The Bertz CT molecular complexity index is 983. The Labute approximate surface area is 171 Å². The number of nitrogens with zero attached hydrogens (tertiary/aromatic N) is 1. The monoisotopic (exact) mass is 416 g/mol. The molecule has 0 aliphatic heterocycles. The Morgan fingerprint density at radius 3 is 0.793 bits per heavy atom. The van der Waals surface area contributed by atoms with Gasteiger partial charge in [0.05, 0.1) is 14.6 Å². The van der Waals surface area contributed by atoms with Crippen LogP contribution in [-0.4, -0.2) is 0 Å². The van der Waals surface area contributed by atoms with Crippen molar-refractivity contribution in [3.63, 3.8) is 0 Å². The van der Waals surface area contributed by atoms with Gasteiger partial charge in [0.15, 0.2) is 0 Å². The number of hydrogen-bond acceptors (Lipinski definition) is 2. The maximum absolute atomic E-state index is 14.4. The smallest absolute Gasteiger partial charge is 0.0595 e. The van der Waals surface area contributed by atoms with E-state index in [4.69, 9.17) is 4.86 Å². The van der Waals surface area contributed by atoms with Crippen LogP contribution in [0.4, 0.5) is 0 Å². The average Bonchev–Trinajstić information content (AvgIpc) is 2.81. The van der Waals surface area contributed by atoms with Crippen molar-refractivity contribution in [1.29, 1.82) is 0 Å². The Kier molecular flexibility index (Phi) is 5.65. The second-order valence-electron chi connectivity index (χ2n) is 6.58. The van der Waals surface area contributed by atoms with Crippen LogP contribution in [0.2, 0.25) is 0 Å². The van der Waals surface area contributed by atoms with Gasteiger partial charge >= 0.3 is 0 Å². The van der Waals surface area contributed by atoms with E-state index in [9.17, 15) is 9.13 Å². The van der Waals surface area contributed by atoms with Crippen molar-refractivity contribution in [3.8, 4) is 0 Å². The predicted octanol–water partition coefficient (Wildman–Crippen LogP) is 5.22. The first-order valence-corrected chi connectivity index (χ1v) is 12.6. The molecule has 4 rings (SSSR count). The van der Waals surface area contributed by atoms with Crippen LogP contribution in [0.3, 0.4) is 0 Å². The quantitative estimate of drug-likeness (QED) is 0.405. The molecular formula is C24H20NO2P2-. The summed E-state index contributed by atoms with van der Waals surface area (Å²) in [5.41, 5.74) is 0. The zero-order chi connectivity index (χ0) is 20.2. The molecule has 4 aromatic carbocycles. The van der Waals surface area contributed by atoms with Crippen LogP contribution in [-0.2, 0) is 9.13 Å². The van der Waals surface area contributed by atoms with Gasteiger partial charge in [-0.3, -0.25) is 0 Å². The standard InChI is InChI=1S/C24H20NO2P2/c26-28(21-13-5-1-6-14-21,22-15-7-2-8-16-22)25-29(27,23-17-9-3-10-18-23)24-19-11-4-12-20-24/h1-20H/q-1. The SMILES string of the molecule is O=P([N-]P(=O)(c1ccccc1)c1ccccc1)(c1ccccc1)c1ccccc1. The lowest BCUT2D eigenvalue weighted by Crippen LogP contribution is -2.20. The Balaban J connectivity index is 1.93. The molecule has 0 spiro atoms. The van der Waals surface area contributed by atoms with Crippen LogP contribution in [0.5, 0.6) is 0 Å². The molecule has 0 aliphatic carbocycles. The van der Waals surface area contributed by atoms with Gasteiger partial charge in [0.25, 0.3) is 0 Å². The van der Waals surface area contributed by atoms with E-state index in [1.54, 1.807) is 48.5 Å². The lowest BCUT2D eigenvalue weighted by molar-refractivity contribution is 0.586. The summed E-state index contributed by atoms with van der Waals surface area (Å²) in [5.74, 6) is 0. The van der Waals surface area contributed by atoms with Crippen molar-refractivity contribution >= 4 is 35.8 Å². The molecule has 0 amide bonds. The van der Waals surface area contributed by atoms with E-state index in [2.05, 4.69) is 0 Å². The van der Waals surface area contributed by atoms with Crippen LogP contribution in [0.25, 0.3) is 4.86 Å². The summed E-state index contributed by atoms with van der Waals surface area (Å²) in [4.78, 5) is 4.73. The van der Waals surface area contributed by atoms with Crippen LogP contribution >= 0.6 is 14.6 Å². The van der Waals surface area contributed by atoms with Crippen LogP contribution < -0.4 is 21.2 Å². The third-order valence-electron chi connectivity index (χ3n) is 4.68. The molecule has 0 bridgehead atoms. The molecule has 0 atom stereocenters. The molecule has 0 radical (unpaired) electrons. The highest BCUT2D eigenvalue weighted by Crippen LogP contribution is 2.67. The van der Waals surface area contributed by atoms with Crippen molar-refractivity contribution in [3.05, 3.63) is 126 Å². The maximum atomic E-state index is 14.4. The lowest BCUT2D eigenvalue weighted by atomic mass is 10.4. The summed E-state index contributed by atoms with van der Waals surface area (Å²) in [7, 11) is -7.03. The first kappa shape index (κ1) is 19.6. The average molecular weight is 416 g/mol. The van der Waals surface area contributed by atoms with E-state index in [-0.39, 0.29) is 0 Å². The molecule has 0 saturated heterocycles. The number of benzene rings is 4. The Morgan fingerprint density at radius 2 is 0.586 bits per heavy atom. The minimum Gasteiger partial charge on any atom is -0.529 e. The molecule has 144 valence electrons. The van der Waals surface area contributed by atoms with Gasteiger partial charge < -0.3 is 14.0 Å². The second-order valence-corrected chi connectivity index (χ2v) is 11.7. The van der Waals surface area contributed by atoms with E-state index in [1.807, 2.05) is 72.8 Å². The largest absolute Gasteiger partial charge is 0.529 e. The fourth-order valence-corrected chi connectivity index (χ4v) is 9.18. The van der Waals surface area contributed by atoms with E-state index >= 15 is 0 Å². The van der Waals surface area contributed by atoms with E-state index in [0.29, 0.717) is 21.2 Å². The predicted molar refractivity (Wildman–Crippen MR) is 123 cm³/mol. The Morgan fingerprint density at radius 1 is 0.379 bits per heavy atom. The van der Waals surface area contributed by atoms with Gasteiger partial charge in [0.1, 0.15) is 0 Å². The highest BCUT2D eigenvalue weighted by Gasteiger charge is 2.27. The molecule has 0 fully saturated rings. The Hall–Kier alpha value is -2.70. The minimum atomic E-state index is -3.51. The molecule has 5 heteroatoms. The van der Waals surface area contributed by atoms with Gasteiger partial charge in [-0.1, -0.05) is 121 Å². The summed E-state index contributed by atoms with van der Waals surface area (Å²) >= 11 is 0. The summed E-state index contributed by atoms with van der Waals surface area (Å²) in [6, 6.07) is 36.4. The summed E-state index contributed by atoms with van der Waals surface area (Å²) in [6.07, 6.45) is 0. The highest BCUT2D eigenvalue weighted by atomic mass is 31.2. The minimum absolute atomic E-state index is 0.568. The normalized spacial score (nSPS) is 11.9. The van der Waals surface area contributed by atoms with Gasteiger partial charge in [0.2, 0.25) is 0 Å². The first-order valence-electron chi connectivity index (χ1n) is 9.30. The molecule has 0 aromatic heterocycles. The van der Waals surface area contributed by atoms with Crippen molar-refractivity contribution < 1.29 is 9.13 Å². The van der Waals surface area contributed by atoms with Gasteiger partial charge in [-0.15, -0.1) is 0 Å². The third-order valence-corrected chi connectivity index (χ3v) is 10.7. The fraction of sp³-hybridized carbons (Fsp3) is 0. The molecule has 29 heavy (non-hydrogen) atoms. The van der Waals surface area contributed by atoms with E-state index in [1.165, 1.54) is 0 Å². The van der Waals surface area contributed by atoms with Crippen LogP contribution in [0.1, 0.15) is 0 Å². The summed E-state index contributed by atoms with van der Waals surface area (Å²) < 4.78 is 28.9. The lowest BCUT2D eigenvalue weighted by Gasteiger charge is -2.40. The molecule has 4 aromatic rings. The number of hydrogen-bond donors (Lipinski definition) is 0. The van der Waals surface area contributed by atoms with Gasteiger partial charge in [-0.05, 0) is 21.2 Å². The molecule has 0 N–H and O–H groups in total. The topological polar surface area (TPSA) is 48.2 Å². The van der Waals surface area contributed by atoms with E-state index < -0.39 is 14.6 Å². The van der Waals surface area contributed by atoms with Gasteiger partial charge in [0, 0.05) is 0 Å².